The third-order valence-corrected chi connectivity index (χ3v) is 5.42. The van der Waals surface area contributed by atoms with E-state index in [1.54, 1.807) is 18.4 Å². The van der Waals surface area contributed by atoms with Gasteiger partial charge in [0.05, 0.1) is 26.7 Å². The molecule has 25 heavy (non-hydrogen) atoms. The molecule has 0 spiro atoms. The molecule has 0 aliphatic heterocycles. The topological polar surface area (TPSA) is 57.0 Å². The van der Waals surface area contributed by atoms with Crippen molar-refractivity contribution in [3.63, 3.8) is 0 Å². The SMILES string of the molecule is CN(CC#N)C(=O)C(C)(Cc1nc2ccccc2s1)c1ccccc1. The van der Waals surface area contributed by atoms with Crippen molar-refractivity contribution in [1.29, 1.82) is 5.26 Å². The molecule has 0 N–H and O–H groups in total. The number of rotatable bonds is 5. The van der Waals surface area contributed by atoms with Gasteiger partial charge in [-0.05, 0) is 24.6 Å². The Labute approximate surface area is 151 Å². The number of nitrogens with zero attached hydrogens (tertiary/aromatic N) is 3. The summed E-state index contributed by atoms with van der Waals surface area (Å²) in [6.07, 6.45) is 0.505. The van der Waals surface area contributed by atoms with Crippen LogP contribution in [-0.4, -0.2) is 29.4 Å². The number of carbonyl (C=O) groups is 1. The van der Waals surface area contributed by atoms with Gasteiger partial charge in [0.2, 0.25) is 5.91 Å². The van der Waals surface area contributed by atoms with E-state index in [9.17, 15) is 4.79 Å². The van der Waals surface area contributed by atoms with E-state index >= 15 is 0 Å². The van der Waals surface area contributed by atoms with Crippen LogP contribution in [0.2, 0.25) is 0 Å². The molecule has 0 saturated carbocycles. The second-order valence-corrected chi connectivity index (χ2v) is 7.38. The van der Waals surface area contributed by atoms with E-state index in [0.717, 1.165) is 20.8 Å². The van der Waals surface area contributed by atoms with Crippen LogP contribution in [-0.2, 0) is 16.6 Å². The highest BCUT2D eigenvalue weighted by atomic mass is 32.1. The summed E-state index contributed by atoms with van der Waals surface area (Å²) < 4.78 is 1.12. The largest absolute Gasteiger partial charge is 0.332 e. The molecule has 1 unspecified atom stereocenters. The Hall–Kier alpha value is -2.71. The van der Waals surface area contributed by atoms with Crippen LogP contribution in [0.3, 0.4) is 0 Å². The summed E-state index contributed by atoms with van der Waals surface area (Å²) in [5.41, 5.74) is 1.13. The van der Waals surface area contributed by atoms with Crippen LogP contribution in [0.4, 0.5) is 0 Å². The number of thiazole rings is 1. The average molecular weight is 349 g/mol. The number of aromatic nitrogens is 1. The zero-order valence-electron chi connectivity index (χ0n) is 14.3. The molecule has 1 aromatic heterocycles. The number of benzene rings is 2. The van der Waals surface area contributed by atoms with Crippen molar-refractivity contribution in [2.24, 2.45) is 0 Å². The van der Waals surface area contributed by atoms with Crippen molar-refractivity contribution in [2.45, 2.75) is 18.8 Å². The van der Waals surface area contributed by atoms with E-state index in [4.69, 9.17) is 10.2 Å². The maximum Gasteiger partial charge on any atom is 0.233 e. The predicted molar refractivity (Wildman–Crippen MR) is 100 cm³/mol. The van der Waals surface area contributed by atoms with Crippen LogP contribution in [0.5, 0.6) is 0 Å². The summed E-state index contributed by atoms with van der Waals surface area (Å²) in [5.74, 6) is -0.0699. The van der Waals surface area contributed by atoms with Crippen LogP contribution in [0.25, 0.3) is 10.2 Å². The molecule has 4 nitrogen and oxygen atoms in total. The molecule has 126 valence electrons. The monoisotopic (exact) mass is 349 g/mol. The molecule has 1 amide bonds. The van der Waals surface area contributed by atoms with E-state index in [0.29, 0.717) is 6.42 Å². The average Bonchev–Trinajstić information content (AvgIpc) is 3.04. The van der Waals surface area contributed by atoms with Crippen molar-refractivity contribution in [2.75, 3.05) is 13.6 Å². The first-order valence-electron chi connectivity index (χ1n) is 8.07. The summed E-state index contributed by atoms with van der Waals surface area (Å²) in [7, 11) is 1.67. The number of fused-ring (bicyclic) bond motifs is 1. The molecule has 1 atom stereocenters. The molecule has 3 rings (SSSR count). The van der Waals surface area contributed by atoms with Gasteiger partial charge in [0, 0.05) is 13.5 Å². The van der Waals surface area contributed by atoms with Gasteiger partial charge in [0.25, 0.3) is 0 Å². The second-order valence-electron chi connectivity index (χ2n) is 6.27. The molecule has 5 heteroatoms. The van der Waals surface area contributed by atoms with Gasteiger partial charge in [-0.3, -0.25) is 4.79 Å². The van der Waals surface area contributed by atoms with E-state index < -0.39 is 5.41 Å². The van der Waals surface area contributed by atoms with Crippen LogP contribution in [0.15, 0.2) is 54.6 Å². The third kappa shape index (κ3) is 3.40. The van der Waals surface area contributed by atoms with Gasteiger partial charge in [-0.1, -0.05) is 42.5 Å². The summed E-state index contributed by atoms with van der Waals surface area (Å²) in [5, 5.41) is 9.88. The number of likely N-dealkylation sites (N-methyl/N-ethyl adjacent to an activating group) is 1. The standard InChI is InChI=1S/C20H19N3OS/c1-20(15-8-4-3-5-9-15,19(24)23(2)13-12-21)14-18-22-16-10-6-7-11-17(16)25-18/h3-11H,13-14H2,1-2H3. The number of amides is 1. The van der Waals surface area contributed by atoms with Gasteiger partial charge in [0.1, 0.15) is 6.54 Å². The lowest BCUT2D eigenvalue weighted by atomic mass is 9.78. The number of para-hydroxylation sites is 1. The maximum atomic E-state index is 13.1. The Morgan fingerprint density at radius 2 is 1.88 bits per heavy atom. The Kier molecular flexibility index (Phi) is 4.82. The lowest BCUT2D eigenvalue weighted by Gasteiger charge is -2.31. The molecule has 0 aliphatic carbocycles. The number of nitriles is 1. The van der Waals surface area contributed by atoms with Gasteiger partial charge in [0.15, 0.2) is 0 Å². The fourth-order valence-electron chi connectivity index (χ4n) is 3.00. The third-order valence-electron chi connectivity index (χ3n) is 4.38. The predicted octanol–water partition coefficient (Wildman–Crippen LogP) is 3.78. The molecule has 0 fully saturated rings. The fraction of sp³-hybridized carbons (Fsp3) is 0.250. The molecule has 3 aromatic rings. The van der Waals surface area contributed by atoms with Crippen LogP contribution in [0, 0.1) is 11.3 Å². The molecule has 0 aliphatic rings. The first kappa shape index (κ1) is 17.1. The second kappa shape index (κ2) is 7.04. The highest BCUT2D eigenvalue weighted by Crippen LogP contribution is 2.33. The Balaban J connectivity index is 2.02. The Morgan fingerprint density at radius 3 is 2.56 bits per heavy atom. The molecular formula is C20H19N3OS. The van der Waals surface area contributed by atoms with Gasteiger partial charge in [-0.15, -0.1) is 11.3 Å². The van der Waals surface area contributed by atoms with E-state index in [2.05, 4.69) is 0 Å². The van der Waals surface area contributed by atoms with Crippen LogP contribution < -0.4 is 0 Å². The van der Waals surface area contributed by atoms with Crippen molar-refractivity contribution >= 4 is 27.5 Å². The summed E-state index contributed by atoms with van der Waals surface area (Å²) in [6, 6.07) is 19.8. The zero-order chi connectivity index (χ0) is 17.9. The minimum Gasteiger partial charge on any atom is -0.332 e. The summed E-state index contributed by atoms with van der Waals surface area (Å²) in [4.78, 5) is 19.3. The molecule has 2 aromatic carbocycles. The first-order chi connectivity index (χ1) is 12.0. The number of hydrogen-bond donors (Lipinski definition) is 0. The van der Waals surface area contributed by atoms with Gasteiger partial charge in [-0.2, -0.15) is 5.26 Å². The molecule has 0 saturated heterocycles. The number of hydrogen-bond acceptors (Lipinski definition) is 4. The first-order valence-corrected chi connectivity index (χ1v) is 8.89. The maximum absolute atomic E-state index is 13.1. The highest BCUT2D eigenvalue weighted by Gasteiger charge is 2.38. The zero-order valence-corrected chi connectivity index (χ0v) is 15.1. The lowest BCUT2D eigenvalue weighted by Crippen LogP contribution is -2.45. The van der Waals surface area contributed by atoms with Gasteiger partial charge >= 0.3 is 0 Å². The Morgan fingerprint density at radius 1 is 1.20 bits per heavy atom. The van der Waals surface area contributed by atoms with E-state index in [-0.39, 0.29) is 12.5 Å². The fourth-order valence-corrected chi connectivity index (χ4v) is 4.13. The highest BCUT2D eigenvalue weighted by molar-refractivity contribution is 7.18. The van der Waals surface area contributed by atoms with Crippen LogP contribution >= 0.6 is 11.3 Å². The summed E-state index contributed by atoms with van der Waals surface area (Å²) in [6.45, 7) is 2.01. The van der Waals surface area contributed by atoms with Crippen molar-refractivity contribution in [1.82, 2.24) is 9.88 Å². The van der Waals surface area contributed by atoms with Gasteiger partial charge < -0.3 is 4.90 Å². The van der Waals surface area contributed by atoms with Gasteiger partial charge in [-0.25, -0.2) is 4.98 Å². The van der Waals surface area contributed by atoms with Crippen molar-refractivity contribution < 1.29 is 4.79 Å². The van der Waals surface area contributed by atoms with Crippen LogP contribution in [0.1, 0.15) is 17.5 Å². The number of carbonyl (C=O) groups excluding carboxylic acids is 1. The molecular weight excluding hydrogens is 330 g/mol. The minimum atomic E-state index is -0.763. The van der Waals surface area contributed by atoms with E-state index in [1.807, 2.05) is 67.6 Å². The molecule has 0 radical (unpaired) electrons. The van der Waals surface area contributed by atoms with E-state index in [1.165, 1.54) is 4.90 Å². The smallest absolute Gasteiger partial charge is 0.233 e. The van der Waals surface area contributed by atoms with Crippen molar-refractivity contribution in [3.05, 3.63) is 65.2 Å². The molecule has 0 bridgehead atoms. The lowest BCUT2D eigenvalue weighted by molar-refractivity contribution is -0.135. The minimum absolute atomic E-state index is 0.0699. The quantitative estimate of drug-likeness (QED) is 0.659. The normalized spacial score (nSPS) is 13.2. The Bertz CT molecular complexity index is 896. The van der Waals surface area contributed by atoms with Crippen molar-refractivity contribution in [3.8, 4) is 6.07 Å². The summed E-state index contributed by atoms with van der Waals surface area (Å²) >= 11 is 1.61. The molecule has 1 heterocycles.